The predicted molar refractivity (Wildman–Crippen MR) is 117 cm³/mol. The van der Waals surface area contributed by atoms with Gasteiger partial charge < -0.3 is 9.30 Å². The number of nitrogens with zero attached hydrogens (tertiary/aromatic N) is 4. The van der Waals surface area contributed by atoms with E-state index < -0.39 is 8.07 Å². The van der Waals surface area contributed by atoms with E-state index in [9.17, 15) is 14.9 Å². The molecule has 0 aliphatic carbocycles. The molecule has 0 unspecified atom stereocenters. The molecule has 0 fully saturated rings. The van der Waals surface area contributed by atoms with E-state index in [-0.39, 0.29) is 18.0 Å². The van der Waals surface area contributed by atoms with E-state index >= 15 is 0 Å². The Hall–Kier alpha value is -2.89. The van der Waals surface area contributed by atoms with Crippen molar-refractivity contribution in [1.29, 1.82) is 5.26 Å². The first-order chi connectivity index (χ1) is 13.6. The molecule has 1 aromatic carbocycles. The van der Waals surface area contributed by atoms with Crippen molar-refractivity contribution in [2.45, 2.75) is 32.4 Å². The number of aromatic nitrogens is 3. The monoisotopic (exact) mass is 410 g/mol. The van der Waals surface area contributed by atoms with E-state index in [1.54, 1.807) is 31.4 Å². The van der Waals surface area contributed by atoms with E-state index in [0.29, 0.717) is 28.8 Å². The molecule has 3 aromatic rings. The molecular formula is C21H26N4O3Si. The third-order valence-corrected chi connectivity index (χ3v) is 6.71. The summed E-state index contributed by atoms with van der Waals surface area (Å²) in [6.07, 6.45) is 1.78. The maximum absolute atomic E-state index is 13.0. The summed E-state index contributed by atoms with van der Waals surface area (Å²) in [5.41, 5.74) is 1.71. The Kier molecular flexibility index (Phi) is 5.64. The predicted octanol–water partition coefficient (Wildman–Crippen LogP) is 2.89. The number of rotatable bonds is 6. The first-order valence-corrected chi connectivity index (χ1v) is 13.2. The number of aryl methyl sites for hydroxylation is 1. The van der Waals surface area contributed by atoms with Crippen LogP contribution in [-0.4, -0.2) is 28.4 Å². The van der Waals surface area contributed by atoms with Crippen molar-refractivity contribution in [2.75, 3.05) is 6.61 Å². The summed E-state index contributed by atoms with van der Waals surface area (Å²) in [5, 5.41) is 9.73. The lowest BCUT2D eigenvalue weighted by atomic mass is 10.1. The fourth-order valence-electron chi connectivity index (χ4n) is 3.28. The highest BCUT2D eigenvalue weighted by atomic mass is 28.3. The zero-order chi connectivity index (χ0) is 21.3. The van der Waals surface area contributed by atoms with Crippen molar-refractivity contribution in [3.05, 3.63) is 56.9 Å². The van der Waals surface area contributed by atoms with Crippen LogP contribution < -0.4 is 11.2 Å². The second kappa shape index (κ2) is 7.85. The Morgan fingerprint density at radius 2 is 1.86 bits per heavy atom. The zero-order valence-corrected chi connectivity index (χ0v) is 18.5. The third kappa shape index (κ3) is 4.11. The Labute approximate surface area is 170 Å². The van der Waals surface area contributed by atoms with Gasteiger partial charge in [0, 0.05) is 40.5 Å². The van der Waals surface area contributed by atoms with Crippen LogP contribution in [0, 0.1) is 11.3 Å². The lowest BCUT2D eigenvalue weighted by molar-refractivity contribution is 0.0887. The van der Waals surface area contributed by atoms with Crippen LogP contribution in [0.2, 0.25) is 25.7 Å². The molecule has 0 N–H and O–H groups in total. The number of ether oxygens (including phenoxy) is 1. The summed E-state index contributed by atoms with van der Waals surface area (Å²) in [5.74, 6) is 0. The second-order valence-electron chi connectivity index (χ2n) is 8.45. The Bertz CT molecular complexity index is 1220. The lowest BCUT2D eigenvalue weighted by Gasteiger charge is -2.16. The van der Waals surface area contributed by atoms with Gasteiger partial charge in [0.2, 0.25) is 0 Å². The quantitative estimate of drug-likeness (QED) is 0.462. The highest BCUT2D eigenvalue weighted by Crippen LogP contribution is 2.28. The van der Waals surface area contributed by atoms with Gasteiger partial charge in [0.1, 0.15) is 6.73 Å². The van der Waals surface area contributed by atoms with Gasteiger partial charge in [-0.2, -0.15) is 5.26 Å². The topological polar surface area (TPSA) is 81.9 Å². The summed E-state index contributed by atoms with van der Waals surface area (Å²) in [6.45, 7) is 7.78. The van der Waals surface area contributed by atoms with Crippen LogP contribution in [-0.2, 0) is 25.6 Å². The van der Waals surface area contributed by atoms with Crippen molar-refractivity contribution in [3.8, 4) is 17.3 Å². The molecule has 7 nitrogen and oxygen atoms in total. The van der Waals surface area contributed by atoms with Crippen molar-refractivity contribution in [1.82, 2.24) is 13.7 Å². The molecule has 29 heavy (non-hydrogen) atoms. The summed E-state index contributed by atoms with van der Waals surface area (Å²) < 4.78 is 10.3. The molecule has 8 heteroatoms. The van der Waals surface area contributed by atoms with Crippen LogP contribution in [0.1, 0.15) is 5.56 Å². The Morgan fingerprint density at radius 3 is 2.52 bits per heavy atom. The number of nitriles is 1. The fraction of sp³-hybridized carbons (Fsp3) is 0.381. The number of benzene rings is 1. The van der Waals surface area contributed by atoms with Crippen LogP contribution in [0.15, 0.2) is 40.1 Å². The molecule has 0 atom stereocenters. The van der Waals surface area contributed by atoms with Crippen LogP contribution in [0.4, 0.5) is 0 Å². The van der Waals surface area contributed by atoms with E-state index in [4.69, 9.17) is 4.74 Å². The molecule has 2 aromatic heterocycles. The van der Waals surface area contributed by atoms with Crippen LogP contribution in [0.5, 0.6) is 0 Å². The molecular weight excluding hydrogens is 384 g/mol. The SMILES string of the molecule is Cn1c(=O)c2c(-c3cccc(C#N)c3)n(COCC[Si](C)(C)C)cc2n(C)c1=O. The lowest BCUT2D eigenvalue weighted by Crippen LogP contribution is -2.36. The van der Waals surface area contributed by atoms with E-state index in [2.05, 4.69) is 25.7 Å². The molecule has 2 heterocycles. The van der Waals surface area contributed by atoms with Crippen LogP contribution in [0.25, 0.3) is 22.2 Å². The van der Waals surface area contributed by atoms with E-state index in [1.807, 2.05) is 10.6 Å². The maximum Gasteiger partial charge on any atom is 0.330 e. The van der Waals surface area contributed by atoms with Gasteiger partial charge in [-0.05, 0) is 18.2 Å². The molecule has 0 aliphatic rings. The number of fused-ring (bicyclic) bond motifs is 1. The Balaban J connectivity index is 2.18. The molecule has 0 saturated carbocycles. The normalized spacial score (nSPS) is 11.7. The second-order valence-corrected chi connectivity index (χ2v) is 14.1. The molecule has 0 spiro atoms. The summed E-state index contributed by atoms with van der Waals surface area (Å²) in [6, 6.07) is 10.3. The summed E-state index contributed by atoms with van der Waals surface area (Å²) >= 11 is 0. The molecule has 0 bridgehead atoms. The summed E-state index contributed by atoms with van der Waals surface area (Å²) in [4.78, 5) is 25.3. The molecule has 0 aliphatic heterocycles. The minimum absolute atomic E-state index is 0.266. The summed E-state index contributed by atoms with van der Waals surface area (Å²) in [7, 11) is 1.90. The third-order valence-electron chi connectivity index (χ3n) is 5.00. The first kappa shape index (κ1) is 20.8. The highest BCUT2D eigenvalue weighted by Gasteiger charge is 2.20. The number of hydrogen-bond donors (Lipinski definition) is 0. The van der Waals surface area contributed by atoms with Gasteiger partial charge in [0.05, 0.1) is 28.2 Å². The van der Waals surface area contributed by atoms with Gasteiger partial charge in [-0.3, -0.25) is 13.9 Å². The average Bonchev–Trinajstić information content (AvgIpc) is 3.07. The van der Waals surface area contributed by atoms with Crippen molar-refractivity contribution >= 4 is 19.0 Å². The molecule has 3 rings (SSSR count). The average molecular weight is 411 g/mol. The molecule has 0 radical (unpaired) electrons. The molecule has 152 valence electrons. The van der Waals surface area contributed by atoms with Crippen LogP contribution >= 0.6 is 0 Å². The van der Waals surface area contributed by atoms with Gasteiger partial charge in [-0.15, -0.1) is 0 Å². The van der Waals surface area contributed by atoms with Gasteiger partial charge in [0.15, 0.2) is 0 Å². The largest absolute Gasteiger partial charge is 0.361 e. The van der Waals surface area contributed by atoms with Crippen LogP contribution in [0.3, 0.4) is 0 Å². The fourth-order valence-corrected chi connectivity index (χ4v) is 4.04. The molecule has 0 saturated heterocycles. The van der Waals surface area contributed by atoms with Gasteiger partial charge in [0.25, 0.3) is 5.56 Å². The maximum atomic E-state index is 13.0. The van der Waals surface area contributed by atoms with Crippen molar-refractivity contribution < 1.29 is 4.74 Å². The van der Waals surface area contributed by atoms with Gasteiger partial charge in [-0.1, -0.05) is 31.8 Å². The smallest absolute Gasteiger partial charge is 0.330 e. The zero-order valence-electron chi connectivity index (χ0n) is 17.5. The standard InChI is InChI=1S/C21H26N4O3Si/c1-23-17-13-25(14-28-9-10-29(3,4)5)19(16-8-6-7-15(11-16)12-22)18(17)20(26)24(2)21(23)27/h6-8,11,13H,9-10,14H2,1-5H3. The van der Waals surface area contributed by atoms with E-state index in [1.165, 1.54) is 11.6 Å². The van der Waals surface area contributed by atoms with Gasteiger partial charge >= 0.3 is 5.69 Å². The van der Waals surface area contributed by atoms with Crippen molar-refractivity contribution in [2.24, 2.45) is 14.1 Å². The van der Waals surface area contributed by atoms with Crippen molar-refractivity contribution in [3.63, 3.8) is 0 Å². The molecule has 0 amide bonds. The number of hydrogen-bond acceptors (Lipinski definition) is 4. The Morgan fingerprint density at radius 1 is 1.14 bits per heavy atom. The minimum Gasteiger partial charge on any atom is -0.361 e. The van der Waals surface area contributed by atoms with Gasteiger partial charge in [-0.25, -0.2) is 4.79 Å². The highest BCUT2D eigenvalue weighted by molar-refractivity contribution is 6.76. The minimum atomic E-state index is -1.22. The van der Waals surface area contributed by atoms with E-state index in [0.717, 1.165) is 16.2 Å². The first-order valence-electron chi connectivity index (χ1n) is 9.51.